The number of carbonyl (C=O) groups excluding carboxylic acids is 2. The highest BCUT2D eigenvalue weighted by Gasteiger charge is 2.50. The van der Waals surface area contributed by atoms with Gasteiger partial charge in [0.25, 0.3) is 5.79 Å². The second kappa shape index (κ2) is 3.58. The lowest BCUT2D eigenvalue weighted by atomic mass is 10.0. The quantitative estimate of drug-likeness (QED) is 0.601. The minimum atomic E-state index is -2.91. The predicted octanol–water partition coefficient (Wildman–Crippen LogP) is 1.48. The van der Waals surface area contributed by atoms with Crippen LogP contribution in [0.4, 0.5) is 0 Å². The average Bonchev–Trinajstić information content (AvgIpc) is 2.94. The summed E-state index contributed by atoms with van der Waals surface area (Å²) in [5.74, 6) is -4.82. The Morgan fingerprint density at radius 1 is 1.00 bits per heavy atom. The molecule has 1 aliphatic rings. The van der Waals surface area contributed by atoms with E-state index in [0.29, 0.717) is 0 Å². The summed E-state index contributed by atoms with van der Waals surface area (Å²) in [6, 6.07) is 8.44. The number of fused-ring (bicyclic) bond motifs is 1. The Morgan fingerprint density at radius 2 is 1.72 bits per heavy atom. The van der Waals surface area contributed by atoms with E-state index in [9.17, 15) is 19.8 Å². The summed E-state index contributed by atoms with van der Waals surface area (Å²) < 4.78 is 0. The Labute approximate surface area is 106 Å². The van der Waals surface area contributed by atoms with Gasteiger partial charge in [0.05, 0.1) is 0 Å². The maximum atomic E-state index is 11.7. The van der Waals surface area contributed by atoms with E-state index in [1.54, 1.807) is 6.07 Å². The molecule has 1 heterocycles. The van der Waals surface area contributed by atoms with Crippen molar-refractivity contribution in [1.82, 2.24) is 0 Å². The maximum absolute atomic E-state index is 11.7. The molecule has 0 fully saturated rings. The summed E-state index contributed by atoms with van der Waals surface area (Å²) in [6.07, 6.45) is 0. The van der Waals surface area contributed by atoms with Gasteiger partial charge in [-0.3, -0.25) is 9.59 Å². The molecule has 18 heavy (non-hydrogen) atoms. The van der Waals surface area contributed by atoms with Crippen LogP contribution in [0.3, 0.4) is 0 Å². The van der Waals surface area contributed by atoms with Crippen molar-refractivity contribution in [2.75, 3.05) is 0 Å². The van der Waals surface area contributed by atoms with Gasteiger partial charge in [0.1, 0.15) is 0 Å². The number of carbonyl (C=O) groups is 2. The van der Waals surface area contributed by atoms with E-state index in [2.05, 4.69) is 0 Å². The van der Waals surface area contributed by atoms with E-state index in [1.165, 1.54) is 23.5 Å². The van der Waals surface area contributed by atoms with Crippen LogP contribution in [-0.4, -0.2) is 27.6 Å². The van der Waals surface area contributed by atoms with Crippen LogP contribution in [0.2, 0.25) is 0 Å². The molecule has 1 aromatic heterocycles. The zero-order valence-electron chi connectivity index (χ0n) is 9.08. The van der Waals surface area contributed by atoms with Gasteiger partial charge < -0.3 is 10.2 Å². The second-order valence-corrected chi connectivity index (χ2v) is 5.02. The van der Waals surface area contributed by atoms with Gasteiger partial charge in [0, 0.05) is 16.0 Å². The first kappa shape index (κ1) is 11.3. The summed E-state index contributed by atoms with van der Waals surface area (Å²) in [7, 11) is 0. The molecule has 0 bridgehead atoms. The van der Waals surface area contributed by atoms with Crippen LogP contribution >= 0.6 is 11.3 Å². The number of hydrogen-bond donors (Lipinski definition) is 2. The number of benzene rings is 1. The van der Waals surface area contributed by atoms with Crippen molar-refractivity contribution < 1.29 is 19.8 Å². The molecule has 1 aliphatic carbocycles. The van der Waals surface area contributed by atoms with Crippen molar-refractivity contribution in [2.24, 2.45) is 0 Å². The van der Waals surface area contributed by atoms with Gasteiger partial charge in [0.15, 0.2) is 0 Å². The molecule has 0 spiro atoms. The maximum Gasteiger partial charge on any atom is 0.295 e. The fourth-order valence-electron chi connectivity index (χ4n) is 2.00. The van der Waals surface area contributed by atoms with Crippen LogP contribution in [0.5, 0.6) is 0 Å². The highest BCUT2D eigenvalue weighted by atomic mass is 32.1. The molecule has 5 heteroatoms. The predicted molar refractivity (Wildman–Crippen MR) is 65.6 cm³/mol. The Hall–Kier alpha value is -1.82. The number of aliphatic hydroxyl groups is 2. The lowest BCUT2D eigenvalue weighted by molar-refractivity contribution is -0.0857. The average molecular weight is 260 g/mol. The second-order valence-electron chi connectivity index (χ2n) is 4.07. The van der Waals surface area contributed by atoms with Crippen LogP contribution in [0, 0.1) is 0 Å². The van der Waals surface area contributed by atoms with Gasteiger partial charge in [-0.25, -0.2) is 0 Å². The molecule has 4 nitrogen and oxygen atoms in total. The first-order valence-corrected chi connectivity index (χ1v) is 6.12. The molecule has 0 saturated heterocycles. The molecule has 1 aromatic carbocycles. The van der Waals surface area contributed by atoms with Crippen LogP contribution in [0.25, 0.3) is 10.4 Å². The minimum Gasteiger partial charge on any atom is -0.353 e. The van der Waals surface area contributed by atoms with Crippen molar-refractivity contribution in [1.29, 1.82) is 0 Å². The van der Waals surface area contributed by atoms with Gasteiger partial charge in [0.2, 0.25) is 11.6 Å². The summed E-state index contributed by atoms with van der Waals surface area (Å²) in [6.45, 7) is 0. The molecule has 90 valence electrons. The number of Topliss-reactive ketones (excluding diaryl/α,β-unsaturated/α-hetero) is 2. The smallest absolute Gasteiger partial charge is 0.295 e. The Balaban J connectivity index is 2.18. The largest absolute Gasteiger partial charge is 0.353 e. The molecule has 2 N–H and O–H groups in total. The number of thiophene rings is 1. The normalized spacial score (nSPS) is 17.0. The van der Waals surface area contributed by atoms with E-state index in [4.69, 9.17) is 0 Å². The monoisotopic (exact) mass is 260 g/mol. The standard InChI is InChI=1S/C13H8O4S/c14-11-8-4-3-7(10-2-1-5-18-10)6-9(8)12(15)13(11,16)17/h1-6,16-17H. The van der Waals surface area contributed by atoms with Crippen LogP contribution in [0.15, 0.2) is 35.7 Å². The topological polar surface area (TPSA) is 74.6 Å². The molecule has 0 aliphatic heterocycles. The zero-order chi connectivity index (χ0) is 12.9. The van der Waals surface area contributed by atoms with Crippen molar-refractivity contribution in [3.8, 4) is 10.4 Å². The van der Waals surface area contributed by atoms with Crippen LogP contribution in [-0.2, 0) is 0 Å². The van der Waals surface area contributed by atoms with Gasteiger partial charge in [-0.15, -0.1) is 11.3 Å². The number of rotatable bonds is 1. The van der Waals surface area contributed by atoms with Gasteiger partial charge in [-0.05, 0) is 29.1 Å². The third-order valence-corrected chi connectivity index (χ3v) is 3.87. The van der Waals surface area contributed by atoms with Crippen molar-refractivity contribution in [3.05, 3.63) is 46.8 Å². The zero-order valence-corrected chi connectivity index (χ0v) is 9.90. The number of ketones is 2. The molecule has 0 saturated carbocycles. The summed E-state index contributed by atoms with van der Waals surface area (Å²) >= 11 is 1.50. The van der Waals surface area contributed by atoms with Gasteiger partial charge in [-0.1, -0.05) is 12.1 Å². The Morgan fingerprint density at radius 3 is 2.39 bits per heavy atom. The van der Waals surface area contributed by atoms with E-state index in [1.807, 2.05) is 17.5 Å². The third kappa shape index (κ3) is 1.38. The lowest BCUT2D eigenvalue weighted by Crippen LogP contribution is -2.40. The number of hydrogen-bond acceptors (Lipinski definition) is 5. The van der Waals surface area contributed by atoms with Gasteiger partial charge in [-0.2, -0.15) is 0 Å². The summed E-state index contributed by atoms with van der Waals surface area (Å²) in [5.41, 5.74) is 0.906. The van der Waals surface area contributed by atoms with Crippen LogP contribution < -0.4 is 0 Å². The van der Waals surface area contributed by atoms with Crippen LogP contribution in [0.1, 0.15) is 20.7 Å². The molecular formula is C13H8O4S. The van der Waals surface area contributed by atoms with E-state index >= 15 is 0 Å². The molecule has 0 amide bonds. The van der Waals surface area contributed by atoms with Crippen molar-refractivity contribution >= 4 is 22.9 Å². The summed E-state index contributed by atoms with van der Waals surface area (Å²) in [5, 5.41) is 20.8. The molecule has 2 aromatic rings. The van der Waals surface area contributed by atoms with Crippen molar-refractivity contribution in [2.45, 2.75) is 5.79 Å². The Kier molecular flexibility index (Phi) is 2.25. The first-order valence-electron chi connectivity index (χ1n) is 5.24. The SMILES string of the molecule is O=C1c2ccc(-c3cccs3)cc2C(=O)C1(O)O. The van der Waals surface area contributed by atoms with E-state index in [0.717, 1.165) is 10.4 Å². The molecular weight excluding hydrogens is 252 g/mol. The highest BCUT2D eigenvalue weighted by molar-refractivity contribution is 7.13. The van der Waals surface area contributed by atoms with E-state index in [-0.39, 0.29) is 11.1 Å². The highest BCUT2D eigenvalue weighted by Crippen LogP contribution is 2.33. The summed E-state index contributed by atoms with van der Waals surface area (Å²) in [4.78, 5) is 24.3. The third-order valence-electron chi connectivity index (χ3n) is 2.95. The van der Waals surface area contributed by atoms with E-state index < -0.39 is 17.4 Å². The molecule has 0 radical (unpaired) electrons. The first-order chi connectivity index (χ1) is 8.51. The fourth-order valence-corrected chi connectivity index (χ4v) is 2.73. The minimum absolute atomic E-state index is 0.0605. The van der Waals surface area contributed by atoms with Crippen molar-refractivity contribution in [3.63, 3.8) is 0 Å². The fraction of sp³-hybridized carbons (Fsp3) is 0.0769. The molecule has 0 atom stereocenters. The Bertz CT molecular complexity index is 656. The lowest BCUT2D eigenvalue weighted by Gasteiger charge is -2.08. The van der Waals surface area contributed by atoms with Gasteiger partial charge >= 0.3 is 0 Å². The molecule has 0 unspecified atom stereocenters. The molecule has 3 rings (SSSR count).